The number of para-hydroxylation sites is 1. The summed E-state index contributed by atoms with van der Waals surface area (Å²) in [5.74, 6) is -0.472. The Kier molecular flexibility index (Phi) is 9.24. The van der Waals surface area contributed by atoms with Gasteiger partial charge in [0.05, 0.1) is 11.1 Å². The van der Waals surface area contributed by atoms with Crippen LogP contribution >= 0.6 is 0 Å². The number of likely N-dealkylation sites (N-methyl/N-ethyl adjacent to an activating group) is 1. The Labute approximate surface area is 312 Å². The number of anilines is 1. The topological polar surface area (TPSA) is 116 Å². The lowest BCUT2D eigenvalue weighted by Crippen LogP contribution is -2.45. The van der Waals surface area contributed by atoms with Crippen LogP contribution in [0.3, 0.4) is 0 Å². The Morgan fingerprint density at radius 1 is 0.907 bits per heavy atom. The van der Waals surface area contributed by atoms with E-state index in [1.165, 1.54) is 18.9 Å². The summed E-state index contributed by atoms with van der Waals surface area (Å²) in [4.78, 5) is 49.6. The van der Waals surface area contributed by atoms with Gasteiger partial charge in [0, 0.05) is 87.9 Å². The van der Waals surface area contributed by atoms with Gasteiger partial charge in [-0.1, -0.05) is 18.2 Å². The quantitative estimate of drug-likeness (QED) is 0.194. The van der Waals surface area contributed by atoms with Gasteiger partial charge in [-0.2, -0.15) is 0 Å². The van der Waals surface area contributed by atoms with Gasteiger partial charge in [0.25, 0.3) is 5.91 Å². The maximum Gasteiger partial charge on any atom is 0.256 e. The fourth-order valence-electron chi connectivity index (χ4n) is 8.60. The molecule has 0 bridgehead atoms. The zero-order chi connectivity index (χ0) is 36.9. The zero-order valence-electron chi connectivity index (χ0n) is 30.7. The first-order valence-electron chi connectivity index (χ1n) is 19.3. The van der Waals surface area contributed by atoms with E-state index in [2.05, 4.69) is 32.4 Å². The van der Waals surface area contributed by atoms with Crippen molar-refractivity contribution in [2.75, 3.05) is 83.9 Å². The molecule has 4 aliphatic heterocycles. The maximum absolute atomic E-state index is 16.5. The van der Waals surface area contributed by atoms with Crippen LogP contribution in [0.15, 0.2) is 57.9 Å². The number of furan rings is 1. The van der Waals surface area contributed by atoms with E-state index in [1.807, 2.05) is 41.3 Å². The van der Waals surface area contributed by atoms with Gasteiger partial charge in [0.2, 0.25) is 11.3 Å². The number of amides is 2. The number of hydrogen-bond donors (Lipinski definition) is 2. The molecule has 0 unspecified atom stereocenters. The molecule has 3 saturated heterocycles. The average Bonchev–Trinajstić information content (AvgIpc) is 3.94. The summed E-state index contributed by atoms with van der Waals surface area (Å²) in [5.41, 5.74) is 1.88. The summed E-state index contributed by atoms with van der Waals surface area (Å²) >= 11 is 0. The predicted molar refractivity (Wildman–Crippen MR) is 207 cm³/mol. The molecule has 5 aromatic rings. The Balaban J connectivity index is 1.04. The third-order valence-corrected chi connectivity index (χ3v) is 11.6. The van der Waals surface area contributed by atoms with E-state index in [-0.39, 0.29) is 34.3 Å². The van der Waals surface area contributed by atoms with E-state index in [0.717, 1.165) is 69.6 Å². The summed E-state index contributed by atoms with van der Waals surface area (Å²) in [5, 5.41) is 7.90. The maximum atomic E-state index is 16.5. The van der Waals surface area contributed by atoms with E-state index >= 15 is 4.39 Å². The minimum absolute atomic E-state index is 0.00502. The molecule has 0 saturated carbocycles. The van der Waals surface area contributed by atoms with Crippen LogP contribution in [0, 0.1) is 5.82 Å². The molecule has 54 heavy (non-hydrogen) atoms. The molecule has 1 atom stereocenters. The number of rotatable bonds is 10. The summed E-state index contributed by atoms with van der Waals surface area (Å²) in [7, 11) is 2.12. The summed E-state index contributed by atoms with van der Waals surface area (Å²) < 4.78 is 31.1. The lowest BCUT2D eigenvalue weighted by molar-refractivity contribution is -0.121. The minimum atomic E-state index is -0.620. The number of nitrogens with one attached hydrogen (secondary N) is 2. The van der Waals surface area contributed by atoms with Gasteiger partial charge in [-0.3, -0.25) is 14.4 Å². The first-order valence-corrected chi connectivity index (χ1v) is 19.3. The molecule has 3 fully saturated rings. The van der Waals surface area contributed by atoms with Crippen LogP contribution in [-0.2, 0) is 4.79 Å². The highest BCUT2D eigenvalue weighted by atomic mass is 19.1. The molecule has 6 heterocycles. The molecule has 282 valence electrons. The second-order valence-corrected chi connectivity index (χ2v) is 15.2. The number of hydrogen-bond acceptors (Lipinski definition) is 9. The van der Waals surface area contributed by atoms with Crippen molar-refractivity contribution in [1.29, 1.82) is 0 Å². The van der Waals surface area contributed by atoms with E-state index in [1.54, 1.807) is 10.8 Å². The van der Waals surface area contributed by atoms with Crippen LogP contribution < -0.4 is 25.7 Å². The van der Waals surface area contributed by atoms with Crippen LogP contribution in [0.1, 0.15) is 42.5 Å². The highest BCUT2D eigenvalue weighted by Gasteiger charge is 2.34. The van der Waals surface area contributed by atoms with Crippen molar-refractivity contribution in [2.45, 2.75) is 38.1 Å². The number of nitrogens with zero attached hydrogens (tertiary/aromatic N) is 5. The van der Waals surface area contributed by atoms with Crippen LogP contribution in [0.5, 0.6) is 11.5 Å². The first-order chi connectivity index (χ1) is 26.3. The van der Waals surface area contributed by atoms with Crippen LogP contribution in [-0.4, -0.2) is 116 Å². The first kappa shape index (κ1) is 34.8. The van der Waals surface area contributed by atoms with E-state index in [9.17, 15) is 14.4 Å². The van der Waals surface area contributed by atoms with E-state index in [4.69, 9.17) is 9.15 Å². The number of carbonyl (C=O) groups excluding carboxylic acids is 2. The number of pyridine rings is 1. The van der Waals surface area contributed by atoms with Crippen LogP contribution in [0.2, 0.25) is 0 Å². The van der Waals surface area contributed by atoms with Gasteiger partial charge in [-0.15, -0.1) is 0 Å². The second kappa shape index (κ2) is 14.3. The Morgan fingerprint density at radius 3 is 2.54 bits per heavy atom. The van der Waals surface area contributed by atoms with Gasteiger partial charge in [0.1, 0.15) is 27.9 Å². The molecular weight excluding hydrogens is 689 g/mol. The van der Waals surface area contributed by atoms with Crippen molar-refractivity contribution < 1.29 is 23.1 Å². The highest BCUT2D eigenvalue weighted by molar-refractivity contribution is 6.07. The molecule has 3 aromatic carbocycles. The normalized spacial score (nSPS) is 19.1. The molecule has 2 amide bonds. The number of fused-ring (bicyclic) bond motifs is 5. The van der Waals surface area contributed by atoms with Gasteiger partial charge >= 0.3 is 0 Å². The fraction of sp³-hybridized carbons (Fsp3) is 0.439. The molecule has 2 aromatic heterocycles. The van der Waals surface area contributed by atoms with Crippen molar-refractivity contribution >= 4 is 50.3 Å². The molecule has 0 radical (unpaired) electrons. The van der Waals surface area contributed by atoms with Crippen LogP contribution in [0.4, 0.5) is 10.1 Å². The van der Waals surface area contributed by atoms with Crippen molar-refractivity contribution in [3.63, 3.8) is 0 Å². The predicted octanol–water partition coefficient (Wildman–Crippen LogP) is 4.68. The monoisotopic (exact) mass is 735 g/mol. The van der Waals surface area contributed by atoms with Crippen molar-refractivity contribution in [2.24, 2.45) is 0 Å². The SMILES string of the molecule is CN1CCN(CCCNC(=O)c2cn3c4c(c(N5CC[C@@H](NC(=O)CCN6CCCC6)C5)c(F)cc4c2=O)Oc2cc4c(cc2-3)oc2ccccc24)CC1. The molecule has 12 nitrogen and oxygen atoms in total. The summed E-state index contributed by atoms with van der Waals surface area (Å²) in [6.07, 6.45) is 5.72. The Hall–Kier alpha value is -4.98. The number of aromatic nitrogens is 1. The molecular formula is C41H46FN7O5. The lowest BCUT2D eigenvalue weighted by Gasteiger charge is -2.32. The number of likely N-dealkylation sites (tertiary alicyclic amines) is 1. The molecule has 0 aliphatic carbocycles. The summed E-state index contributed by atoms with van der Waals surface area (Å²) in [6.45, 7) is 8.97. The van der Waals surface area contributed by atoms with Crippen molar-refractivity contribution in [3.8, 4) is 17.2 Å². The average molecular weight is 736 g/mol. The molecule has 13 heteroatoms. The van der Waals surface area contributed by atoms with Crippen molar-refractivity contribution in [3.05, 3.63) is 70.3 Å². The molecule has 4 aliphatic rings. The lowest BCUT2D eigenvalue weighted by atomic mass is 10.0. The number of halogens is 1. The number of piperazine rings is 1. The largest absolute Gasteiger partial charge is 0.456 e. The molecule has 9 rings (SSSR count). The van der Waals surface area contributed by atoms with Crippen molar-refractivity contribution in [1.82, 2.24) is 29.9 Å². The van der Waals surface area contributed by atoms with Gasteiger partial charge in [0.15, 0.2) is 17.3 Å². The van der Waals surface area contributed by atoms with E-state index < -0.39 is 17.2 Å². The zero-order valence-corrected chi connectivity index (χ0v) is 30.7. The van der Waals surface area contributed by atoms with Crippen LogP contribution in [0.25, 0.3) is 38.5 Å². The number of benzene rings is 3. The van der Waals surface area contributed by atoms with Gasteiger partial charge in [-0.05, 0) is 70.6 Å². The number of carbonyl (C=O) groups is 2. The van der Waals surface area contributed by atoms with E-state index in [0.29, 0.717) is 60.6 Å². The third-order valence-electron chi connectivity index (χ3n) is 11.6. The Bertz CT molecular complexity index is 2320. The second-order valence-electron chi connectivity index (χ2n) is 15.2. The fourth-order valence-corrected chi connectivity index (χ4v) is 8.60. The standard InChI is InChI=1S/C41H46FN7O5/c1-45-17-19-47(20-18-45)14-6-11-43-41(52)30-25-49-32-23-34-28(27-7-2-3-8-33(27)53-34)22-35(32)54-40-37(49)29(39(30)51)21-31(42)38(40)48-16-9-26(24-48)44-36(50)10-15-46-12-4-5-13-46/h2-3,7-8,21-23,25-26H,4-6,9-20,24H2,1H3,(H,43,52)(H,44,50)/t26-/m1/s1. The van der Waals surface area contributed by atoms with Gasteiger partial charge in [-0.25, -0.2) is 4.39 Å². The highest BCUT2D eigenvalue weighted by Crippen LogP contribution is 2.49. The smallest absolute Gasteiger partial charge is 0.256 e. The molecule has 0 spiro atoms. The minimum Gasteiger partial charge on any atom is -0.456 e. The summed E-state index contributed by atoms with van der Waals surface area (Å²) in [6, 6.07) is 12.5. The Morgan fingerprint density at radius 2 is 1.70 bits per heavy atom. The molecule has 2 N–H and O–H groups in total. The van der Waals surface area contributed by atoms with Gasteiger partial charge < -0.3 is 44.0 Å². The number of ether oxygens (including phenoxy) is 1. The third kappa shape index (κ3) is 6.47.